The molecule has 1 aromatic heterocycles. The van der Waals surface area contributed by atoms with Crippen LogP contribution < -0.4 is 5.32 Å². The number of furan rings is 1. The Morgan fingerprint density at radius 3 is 2.62 bits per heavy atom. The standard InChI is InChI=1S/C21H29ClN2O2/c1-4-5-8-13-23-21(25)20-12-11-18(26-20)15-24(16(2)3)14-17-9-6-7-10-19(17)22/h6-7,9-12,16H,4-5,8,13-15H2,1-3H3,(H,23,25). The predicted molar refractivity (Wildman–Crippen MR) is 106 cm³/mol. The number of rotatable bonds is 10. The van der Waals surface area contributed by atoms with E-state index in [1.165, 1.54) is 0 Å². The number of carbonyl (C=O) groups is 1. The van der Waals surface area contributed by atoms with E-state index in [1.54, 1.807) is 6.07 Å². The Morgan fingerprint density at radius 1 is 1.15 bits per heavy atom. The summed E-state index contributed by atoms with van der Waals surface area (Å²) in [5.74, 6) is 1.01. The van der Waals surface area contributed by atoms with Crippen LogP contribution in [-0.2, 0) is 13.1 Å². The van der Waals surface area contributed by atoms with Gasteiger partial charge in [-0.25, -0.2) is 0 Å². The van der Waals surface area contributed by atoms with Crippen molar-refractivity contribution in [1.29, 1.82) is 0 Å². The quantitative estimate of drug-likeness (QED) is 0.575. The Morgan fingerprint density at radius 2 is 1.92 bits per heavy atom. The minimum atomic E-state index is -0.144. The Labute approximate surface area is 161 Å². The molecule has 1 heterocycles. The summed E-state index contributed by atoms with van der Waals surface area (Å²) < 4.78 is 5.76. The van der Waals surface area contributed by atoms with Crippen molar-refractivity contribution in [2.45, 2.75) is 59.2 Å². The fraction of sp³-hybridized carbons (Fsp3) is 0.476. The average molecular weight is 377 g/mol. The third-order valence-electron chi connectivity index (χ3n) is 4.37. The zero-order chi connectivity index (χ0) is 18.9. The molecule has 5 heteroatoms. The first-order valence-corrected chi connectivity index (χ1v) is 9.73. The second kappa shape index (κ2) is 10.4. The Bertz CT molecular complexity index is 697. The van der Waals surface area contributed by atoms with Crippen molar-refractivity contribution in [1.82, 2.24) is 10.2 Å². The number of amides is 1. The average Bonchev–Trinajstić information content (AvgIpc) is 3.08. The minimum absolute atomic E-state index is 0.144. The van der Waals surface area contributed by atoms with Crippen molar-refractivity contribution in [2.75, 3.05) is 6.54 Å². The number of unbranched alkanes of at least 4 members (excludes halogenated alkanes) is 2. The summed E-state index contributed by atoms with van der Waals surface area (Å²) in [5, 5.41) is 3.68. The van der Waals surface area contributed by atoms with Crippen LogP contribution in [0, 0.1) is 0 Å². The van der Waals surface area contributed by atoms with Crippen LogP contribution in [-0.4, -0.2) is 23.4 Å². The van der Waals surface area contributed by atoms with Gasteiger partial charge in [-0.2, -0.15) is 0 Å². The molecule has 0 radical (unpaired) electrons. The van der Waals surface area contributed by atoms with Gasteiger partial charge in [0.1, 0.15) is 5.76 Å². The topological polar surface area (TPSA) is 45.5 Å². The molecule has 1 amide bonds. The first kappa shape index (κ1) is 20.5. The van der Waals surface area contributed by atoms with Crippen molar-refractivity contribution < 1.29 is 9.21 Å². The highest BCUT2D eigenvalue weighted by Gasteiger charge is 2.16. The molecule has 0 aliphatic rings. The summed E-state index contributed by atoms with van der Waals surface area (Å²) in [6.45, 7) is 8.47. The van der Waals surface area contributed by atoms with Crippen LogP contribution >= 0.6 is 11.6 Å². The Balaban J connectivity index is 1.96. The smallest absolute Gasteiger partial charge is 0.286 e. The maximum absolute atomic E-state index is 12.1. The van der Waals surface area contributed by atoms with Gasteiger partial charge in [0, 0.05) is 24.2 Å². The maximum Gasteiger partial charge on any atom is 0.286 e. The lowest BCUT2D eigenvalue weighted by Gasteiger charge is -2.26. The fourth-order valence-electron chi connectivity index (χ4n) is 2.72. The van der Waals surface area contributed by atoms with Gasteiger partial charge >= 0.3 is 0 Å². The first-order valence-electron chi connectivity index (χ1n) is 9.35. The molecule has 0 atom stereocenters. The lowest BCUT2D eigenvalue weighted by atomic mass is 10.2. The largest absolute Gasteiger partial charge is 0.455 e. The van der Waals surface area contributed by atoms with Crippen molar-refractivity contribution in [3.05, 3.63) is 58.5 Å². The third-order valence-corrected chi connectivity index (χ3v) is 4.74. The number of halogens is 1. The molecular formula is C21H29ClN2O2. The molecule has 0 saturated carbocycles. The SMILES string of the molecule is CCCCCNC(=O)c1ccc(CN(Cc2ccccc2Cl)C(C)C)o1. The molecule has 0 unspecified atom stereocenters. The van der Waals surface area contributed by atoms with E-state index in [4.69, 9.17) is 16.0 Å². The van der Waals surface area contributed by atoms with Crippen LogP contribution in [0.5, 0.6) is 0 Å². The Kier molecular flexibility index (Phi) is 8.20. The summed E-state index contributed by atoms with van der Waals surface area (Å²) in [6.07, 6.45) is 3.25. The van der Waals surface area contributed by atoms with Crippen LogP contribution in [0.25, 0.3) is 0 Å². The molecule has 2 rings (SSSR count). The molecule has 0 bridgehead atoms. The van der Waals surface area contributed by atoms with Gasteiger partial charge in [-0.05, 0) is 44.0 Å². The van der Waals surface area contributed by atoms with E-state index in [9.17, 15) is 4.79 Å². The fourth-order valence-corrected chi connectivity index (χ4v) is 2.91. The highest BCUT2D eigenvalue weighted by molar-refractivity contribution is 6.31. The van der Waals surface area contributed by atoms with Gasteiger partial charge < -0.3 is 9.73 Å². The van der Waals surface area contributed by atoms with E-state index in [2.05, 4.69) is 31.0 Å². The lowest BCUT2D eigenvalue weighted by Crippen LogP contribution is -2.29. The molecule has 1 N–H and O–H groups in total. The van der Waals surface area contributed by atoms with E-state index in [0.29, 0.717) is 24.9 Å². The van der Waals surface area contributed by atoms with Gasteiger partial charge in [-0.3, -0.25) is 9.69 Å². The highest BCUT2D eigenvalue weighted by Crippen LogP contribution is 2.20. The molecule has 142 valence electrons. The number of nitrogens with zero attached hydrogens (tertiary/aromatic N) is 1. The van der Waals surface area contributed by atoms with Crippen LogP contribution in [0.1, 0.15) is 61.9 Å². The zero-order valence-corrected chi connectivity index (χ0v) is 16.7. The number of nitrogens with one attached hydrogen (secondary N) is 1. The van der Waals surface area contributed by atoms with Gasteiger partial charge in [-0.1, -0.05) is 49.6 Å². The number of hydrogen-bond donors (Lipinski definition) is 1. The normalized spacial score (nSPS) is 11.3. The molecule has 0 spiro atoms. The first-order chi connectivity index (χ1) is 12.5. The van der Waals surface area contributed by atoms with E-state index in [0.717, 1.165) is 42.2 Å². The molecule has 0 saturated heterocycles. The highest BCUT2D eigenvalue weighted by atomic mass is 35.5. The summed E-state index contributed by atoms with van der Waals surface area (Å²) in [7, 11) is 0. The minimum Gasteiger partial charge on any atom is -0.455 e. The number of hydrogen-bond acceptors (Lipinski definition) is 3. The molecule has 1 aromatic carbocycles. The number of carbonyl (C=O) groups excluding carboxylic acids is 1. The van der Waals surface area contributed by atoms with Gasteiger partial charge in [0.2, 0.25) is 0 Å². The molecule has 0 aliphatic heterocycles. The molecule has 4 nitrogen and oxygen atoms in total. The second-order valence-corrected chi connectivity index (χ2v) is 7.23. The van der Waals surface area contributed by atoms with Crippen LogP contribution in [0.15, 0.2) is 40.8 Å². The van der Waals surface area contributed by atoms with Crippen molar-refractivity contribution in [3.63, 3.8) is 0 Å². The van der Waals surface area contributed by atoms with Crippen LogP contribution in [0.4, 0.5) is 0 Å². The molecular weight excluding hydrogens is 348 g/mol. The molecule has 2 aromatic rings. The zero-order valence-electron chi connectivity index (χ0n) is 15.9. The second-order valence-electron chi connectivity index (χ2n) is 6.82. The molecule has 0 fully saturated rings. The summed E-state index contributed by atoms with van der Waals surface area (Å²) >= 11 is 6.29. The van der Waals surface area contributed by atoms with E-state index >= 15 is 0 Å². The third kappa shape index (κ3) is 6.19. The number of benzene rings is 1. The van der Waals surface area contributed by atoms with Gasteiger partial charge in [0.15, 0.2) is 5.76 Å². The monoisotopic (exact) mass is 376 g/mol. The lowest BCUT2D eigenvalue weighted by molar-refractivity contribution is 0.0920. The van der Waals surface area contributed by atoms with E-state index < -0.39 is 0 Å². The van der Waals surface area contributed by atoms with Crippen LogP contribution in [0.2, 0.25) is 5.02 Å². The van der Waals surface area contributed by atoms with Gasteiger partial charge in [-0.15, -0.1) is 0 Å². The van der Waals surface area contributed by atoms with Crippen LogP contribution in [0.3, 0.4) is 0 Å². The van der Waals surface area contributed by atoms with Crippen molar-refractivity contribution >= 4 is 17.5 Å². The summed E-state index contributed by atoms with van der Waals surface area (Å²) in [6, 6.07) is 11.8. The van der Waals surface area contributed by atoms with E-state index in [-0.39, 0.29) is 5.91 Å². The summed E-state index contributed by atoms with van der Waals surface area (Å²) in [5.41, 5.74) is 1.09. The van der Waals surface area contributed by atoms with Crippen molar-refractivity contribution in [2.24, 2.45) is 0 Å². The van der Waals surface area contributed by atoms with Gasteiger partial charge in [0.25, 0.3) is 5.91 Å². The van der Waals surface area contributed by atoms with Gasteiger partial charge in [0.05, 0.1) is 6.54 Å². The summed E-state index contributed by atoms with van der Waals surface area (Å²) in [4.78, 5) is 14.4. The molecule has 0 aliphatic carbocycles. The predicted octanol–water partition coefficient (Wildman–Crippen LogP) is 5.26. The van der Waals surface area contributed by atoms with Crippen molar-refractivity contribution in [3.8, 4) is 0 Å². The maximum atomic E-state index is 12.1. The Hall–Kier alpha value is -1.78. The molecule has 26 heavy (non-hydrogen) atoms. The van der Waals surface area contributed by atoms with E-state index in [1.807, 2.05) is 30.3 Å².